The Balaban J connectivity index is 1.96. The van der Waals surface area contributed by atoms with E-state index in [1.54, 1.807) is 36.4 Å². The Kier molecular flexibility index (Phi) is 6.44. The zero-order valence-electron chi connectivity index (χ0n) is 13.3. The number of hydrogen-bond acceptors (Lipinski definition) is 3. The minimum atomic E-state index is -0.184. The van der Waals surface area contributed by atoms with Gasteiger partial charge >= 0.3 is 0 Å². The number of rotatable bonds is 7. The summed E-state index contributed by atoms with van der Waals surface area (Å²) in [7, 11) is 0. The van der Waals surface area contributed by atoms with Gasteiger partial charge in [0.2, 0.25) is 0 Å². The van der Waals surface area contributed by atoms with Crippen molar-refractivity contribution in [3.63, 3.8) is 0 Å². The highest BCUT2D eigenvalue weighted by Gasteiger charge is 2.09. The summed E-state index contributed by atoms with van der Waals surface area (Å²) in [5.74, 6) is 0.524. The van der Waals surface area contributed by atoms with E-state index < -0.39 is 0 Å². The van der Waals surface area contributed by atoms with Crippen LogP contribution < -0.4 is 10.1 Å². The van der Waals surface area contributed by atoms with Crippen LogP contribution in [0.1, 0.15) is 22.8 Å². The number of carbonyl (C=O) groups excluding carboxylic acids is 1. The van der Waals surface area contributed by atoms with Gasteiger partial charge in [0.15, 0.2) is 0 Å². The largest absolute Gasteiger partial charge is 0.491 e. The zero-order chi connectivity index (χ0) is 16.7. The molecular weight excluding hydrogens is 314 g/mol. The topological polar surface area (TPSA) is 47.6 Å². The SMILES string of the molecule is CCOCCOc1ccc(C(=O)Nc2cccc(Cl)c2C)cc1. The molecule has 1 amide bonds. The van der Waals surface area contributed by atoms with Gasteiger partial charge in [0.05, 0.1) is 6.61 Å². The van der Waals surface area contributed by atoms with Gasteiger partial charge < -0.3 is 14.8 Å². The van der Waals surface area contributed by atoms with Crippen molar-refractivity contribution in [2.45, 2.75) is 13.8 Å². The second-order valence-electron chi connectivity index (χ2n) is 4.94. The Morgan fingerprint density at radius 3 is 2.57 bits per heavy atom. The van der Waals surface area contributed by atoms with Gasteiger partial charge in [0.1, 0.15) is 12.4 Å². The predicted molar refractivity (Wildman–Crippen MR) is 92.6 cm³/mol. The van der Waals surface area contributed by atoms with Crippen molar-refractivity contribution in [3.05, 3.63) is 58.6 Å². The molecule has 0 unspecified atom stereocenters. The fraction of sp³-hybridized carbons (Fsp3) is 0.278. The highest BCUT2D eigenvalue weighted by atomic mass is 35.5. The molecule has 0 saturated heterocycles. The van der Waals surface area contributed by atoms with Gasteiger partial charge in [0, 0.05) is 22.9 Å². The average molecular weight is 334 g/mol. The number of hydrogen-bond donors (Lipinski definition) is 1. The Morgan fingerprint density at radius 1 is 1.13 bits per heavy atom. The van der Waals surface area contributed by atoms with Crippen molar-refractivity contribution in [1.82, 2.24) is 0 Å². The number of benzene rings is 2. The van der Waals surface area contributed by atoms with Crippen LogP contribution in [0.15, 0.2) is 42.5 Å². The molecule has 122 valence electrons. The minimum absolute atomic E-state index is 0.184. The smallest absolute Gasteiger partial charge is 0.255 e. The normalized spacial score (nSPS) is 10.4. The fourth-order valence-corrected chi connectivity index (χ4v) is 2.18. The third kappa shape index (κ3) is 4.98. The summed E-state index contributed by atoms with van der Waals surface area (Å²) >= 11 is 6.06. The molecule has 4 nitrogen and oxygen atoms in total. The highest BCUT2D eigenvalue weighted by Crippen LogP contribution is 2.23. The lowest BCUT2D eigenvalue weighted by molar-refractivity contribution is 0.102. The minimum Gasteiger partial charge on any atom is -0.491 e. The molecule has 2 aromatic rings. The molecule has 0 aliphatic rings. The van der Waals surface area contributed by atoms with Crippen LogP contribution in [0.5, 0.6) is 5.75 Å². The van der Waals surface area contributed by atoms with Gasteiger partial charge in [-0.2, -0.15) is 0 Å². The van der Waals surface area contributed by atoms with Gasteiger partial charge in [-0.25, -0.2) is 0 Å². The van der Waals surface area contributed by atoms with Crippen molar-refractivity contribution in [2.24, 2.45) is 0 Å². The number of amides is 1. The zero-order valence-corrected chi connectivity index (χ0v) is 14.0. The van der Waals surface area contributed by atoms with E-state index in [1.807, 2.05) is 19.9 Å². The summed E-state index contributed by atoms with van der Waals surface area (Å²) in [5, 5.41) is 3.49. The summed E-state index contributed by atoms with van der Waals surface area (Å²) in [6.45, 7) is 5.52. The van der Waals surface area contributed by atoms with Crippen LogP contribution in [0, 0.1) is 6.92 Å². The number of carbonyl (C=O) groups is 1. The lowest BCUT2D eigenvalue weighted by atomic mass is 10.1. The van der Waals surface area contributed by atoms with E-state index >= 15 is 0 Å². The maximum absolute atomic E-state index is 12.3. The van der Waals surface area contributed by atoms with E-state index in [9.17, 15) is 4.79 Å². The first-order valence-corrected chi connectivity index (χ1v) is 7.86. The molecule has 0 radical (unpaired) electrons. The molecule has 0 aromatic heterocycles. The Labute approximate surface area is 141 Å². The lowest BCUT2D eigenvalue weighted by Gasteiger charge is -2.10. The van der Waals surface area contributed by atoms with E-state index in [1.165, 1.54) is 0 Å². The lowest BCUT2D eigenvalue weighted by Crippen LogP contribution is -2.13. The standard InChI is InChI=1S/C18H20ClNO3/c1-3-22-11-12-23-15-9-7-14(8-10-15)18(21)20-17-6-4-5-16(19)13(17)2/h4-10H,3,11-12H2,1-2H3,(H,20,21). The quantitative estimate of drug-likeness (QED) is 0.768. The van der Waals surface area contributed by atoms with Crippen molar-refractivity contribution in [3.8, 4) is 5.75 Å². The maximum Gasteiger partial charge on any atom is 0.255 e. The van der Waals surface area contributed by atoms with Crippen molar-refractivity contribution in [2.75, 3.05) is 25.1 Å². The molecule has 1 N–H and O–H groups in total. The van der Waals surface area contributed by atoms with E-state index in [2.05, 4.69) is 5.32 Å². The summed E-state index contributed by atoms with van der Waals surface area (Å²) in [6, 6.07) is 12.4. The van der Waals surface area contributed by atoms with Crippen LogP contribution in [0.3, 0.4) is 0 Å². The molecule has 2 aromatic carbocycles. The van der Waals surface area contributed by atoms with E-state index in [4.69, 9.17) is 21.1 Å². The van der Waals surface area contributed by atoms with Crippen LogP contribution in [-0.4, -0.2) is 25.7 Å². The molecular formula is C18H20ClNO3. The number of nitrogens with one attached hydrogen (secondary N) is 1. The average Bonchev–Trinajstić information content (AvgIpc) is 2.56. The summed E-state index contributed by atoms with van der Waals surface area (Å²) in [4.78, 5) is 12.3. The maximum atomic E-state index is 12.3. The monoisotopic (exact) mass is 333 g/mol. The molecule has 0 aliphatic carbocycles. The third-order valence-corrected chi connectivity index (χ3v) is 3.74. The molecule has 0 atom stereocenters. The number of halogens is 1. The Morgan fingerprint density at radius 2 is 1.87 bits per heavy atom. The molecule has 5 heteroatoms. The first-order valence-electron chi connectivity index (χ1n) is 7.49. The molecule has 0 aliphatic heterocycles. The molecule has 23 heavy (non-hydrogen) atoms. The molecule has 2 rings (SSSR count). The molecule has 0 fully saturated rings. The molecule has 0 bridgehead atoms. The first-order chi connectivity index (χ1) is 11.1. The van der Waals surface area contributed by atoms with Crippen molar-refractivity contribution < 1.29 is 14.3 Å². The number of ether oxygens (including phenoxy) is 2. The third-order valence-electron chi connectivity index (χ3n) is 3.33. The Hall–Kier alpha value is -2.04. The molecule has 0 heterocycles. The van der Waals surface area contributed by atoms with E-state index in [-0.39, 0.29) is 5.91 Å². The first kappa shape index (κ1) is 17.3. The summed E-state index contributed by atoms with van der Waals surface area (Å²) < 4.78 is 10.7. The van der Waals surface area contributed by atoms with Crippen LogP contribution in [0.25, 0.3) is 0 Å². The second kappa shape index (κ2) is 8.56. The van der Waals surface area contributed by atoms with Crippen LogP contribution >= 0.6 is 11.6 Å². The second-order valence-corrected chi connectivity index (χ2v) is 5.34. The van der Waals surface area contributed by atoms with Crippen LogP contribution in [0.2, 0.25) is 5.02 Å². The highest BCUT2D eigenvalue weighted by molar-refractivity contribution is 6.31. The van der Waals surface area contributed by atoms with Crippen LogP contribution in [0.4, 0.5) is 5.69 Å². The van der Waals surface area contributed by atoms with Gasteiger partial charge in [-0.15, -0.1) is 0 Å². The van der Waals surface area contributed by atoms with Gasteiger partial charge in [0.25, 0.3) is 5.91 Å². The van der Waals surface area contributed by atoms with E-state index in [0.29, 0.717) is 41.8 Å². The van der Waals surface area contributed by atoms with Crippen molar-refractivity contribution in [1.29, 1.82) is 0 Å². The summed E-state index contributed by atoms with van der Waals surface area (Å²) in [5.41, 5.74) is 2.11. The Bertz CT molecular complexity index is 656. The molecule has 0 spiro atoms. The number of anilines is 1. The van der Waals surface area contributed by atoms with Gasteiger partial charge in [-0.3, -0.25) is 4.79 Å². The van der Waals surface area contributed by atoms with E-state index in [0.717, 1.165) is 5.56 Å². The van der Waals surface area contributed by atoms with Crippen molar-refractivity contribution >= 4 is 23.2 Å². The van der Waals surface area contributed by atoms with Gasteiger partial charge in [-0.05, 0) is 55.8 Å². The predicted octanol–water partition coefficient (Wildman–Crippen LogP) is 4.32. The summed E-state index contributed by atoms with van der Waals surface area (Å²) in [6.07, 6.45) is 0. The molecule has 0 saturated carbocycles. The van der Waals surface area contributed by atoms with Gasteiger partial charge in [-0.1, -0.05) is 17.7 Å². The van der Waals surface area contributed by atoms with Crippen LogP contribution in [-0.2, 0) is 4.74 Å². The fourth-order valence-electron chi connectivity index (χ4n) is 2.00.